The van der Waals surface area contributed by atoms with Crippen molar-refractivity contribution in [2.24, 2.45) is 0 Å². The molecule has 3 rings (SSSR count). The number of hydrogen-bond acceptors (Lipinski definition) is 3. The van der Waals surface area contributed by atoms with Crippen LogP contribution in [0.25, 0.3) is 0 Å². The SMILES string of the molecule is CC1(C)CCNc2ccc(B3OC(C)(C)C(C)(C)O3)cc21. The van der Waals surface area contributed by atoms with Crippen molar-refractivity contribution in [1.82, 2.24) is 0 Å². The Morgan fingerprint density at radius 2 is 1.62 bits per heavy atom. The lowest BCUT2D eigenvalue weighted by Crippen LogP contribution is -2.41. The molecule has 21 heavy (non-hydrogen) atoms. The normalized spacial score (nSPS) is 25.3. The van der Waals surface area contributed by atoms with Crippen LogP contribution in [-0.2, 0) is 14.7 Å². The number of fused-ring (bicyclic) bond motifs is 1. The summed E-state index contributed by atoms with van der Waals surface area (Å²) in [5.74, 6) is 0. The minimum absolute atomic E-state index is 0.195. The van der Waals surface area contributed by atoms with Gasteiger partial charge in [0.25, 0.3) is 0 Å². The highest BCUT2D eigenvalue weighted by Gasteiger charge is 2.51. The van der Waals surface area contributed by atoms with Crippen LogP contribution in [0, 0.1) is 0 Å². The molecule has 0 aromatic heterocycles. The molecule has 0 spiro atoms. The maximum Gasteiger partial charge on any atom is 0.494 e. The molecular weight excluding hydrogens is 261 g/mol. The van der Waals surface area contributed by atoms with Crippen molar-refractivity contribution in [1.29, 1.82) is 0 Å². The minimum Gasteiger partial charge on any atom is -0.399 e. The van der Waals surface area contributed by atoms with Crippen LogP contribution in [0.15, 0.2) is 18.2 Å². The van der Waals surface area contributed by atoms with Crippen molar-refractivity contribution < 1.29 is 9.31 Å². The van der Waals surface area contributed by atoms with Gasteiger partial charge in [0.1, 0.15) is 0 Å². The van der Waals surface area contributed by atoms with Gasteiger partial charge >= 0.3 is 7.12 Å². The molecule has 0 bridgehead atoms. The topological polar surface area (TPSA) is 30.5 Å². The molecule has 1 fully saturated rings. The van der Waals surface area contributed by atoms with Crippen LogP contribution in [0.1, 0.15) is 53.5 Å². The van der Waals surface area contributed by atoms with Gasteiger partial charge in [-0.05, 0) is 56.6 Å². The first-order valence-corrected chi connectivity index (χ1v) is 7.86. The van der Waals surface area contributed by atoms with E-state index in [1.807, 2.05) is 0 Å². The van der Waals surface area contributed by atoms with Crippen LogP contribution >= 0.6 is 0 Å². The zero-order valence-corrected chi connectivity index (χ0v) is 14.0. The van der Waals surface area contributed by atoms with Crippen LogP contribution < -0.4 is 10.8 Å². The molecule has 1 aromatic carbocycles. The zero-order chi connectivity index (χ0) is 15.5. The molecule has 2 heterocycles. The van der Waals surface area contributed by atoms with Crippen molar-refractivity contribution in [3.8, 4) is 0 Å². The van der Waals surface area contributed by atoms with E-state index in [1.165, 1.54) is 11.3 Å². The maximum absolute atomic E-state index is 6.17. The molecule has 3 nitrogen and oxygen atoms in total. The van der Waals surface area contributed by atoms with E-state index < -0.39 is 0 Å². The van der Waals surface area contributed by atoms with Crippen LogP contribution in [0.2, 0.25) is 0 Å². The molecule has 0 amide bonds. The van der Waals surface area contributed by atoms with E-state index in [0.717, 1.165) is 18.4 Å². The van der Waals surface area contributed by atoms with Gasteiger partial charge in [0.2, 0.25) is 0 Å². The first kappa shape index (κ1) is 14.9. The van der Waals surface area contributed by atoms with Gasteiger partial charge < -0.3 is 14.6 Å². The fourth-order valence-electron chi connectivity index (χ4n) is 3.05. The molecule has 1 aromatic rings. The molecular formula is C17H26BNO2. The van der Waals surface area contributed by atoms with Crippen molar-refractivity contribution >= 4 is 18.3 Å². The highest BCUT2D eigenvalue weighted by atomic mass is 16.7. The largest absolute Gasteiger partial charge is 0.494 e. The summed E-state index contributed by atoms with van der Waals surface area (Å²) in [7, 11) is -0.280. The highest BCUT2D eigenvalue weighted by molar-refractivity contribution is 6.62. The van der Waals surface area contributed by atoms with Gasteiger partial charge in [-0.2, -0.15) is 0 Å². The number of anilines is 1. The lowest BCUT2D eigenvalue weighted by atomic mass is 9.72. The summed E-state index contributed by atoms with van der Waals surface area (Å²) in [6, 6.07) is 6.54. The highest BCUT2D eigenvalue weighted by Crippen LogP contribution is 2.38. The summed E-state index contributed by atoms with van der Waals surface area (Å²) in [6.07, 6.45) is 1.15. The van der Waals surface area contributed by atoms with Crippen LogP contribution in [0.5, 0.6) is 0 Å². The minimum atomic E-state index is -0.290. The van der Waals surface area contributed by atoms with Crippen molar-refractivity contribution in [3.05, 3.63) is 23.8 Å². The summed E-state index contributed by atoms with van der Waals surface area (Å²) in [5.41, 5.74) is 3.33. The Morgan fingerprint density at radius 3 is 2.24 bits per heavy atom. The van der Waals surface area contributed by atoms with Gasteiger partial charge in [0.15, 0.2) is 0 Å². The first-order valence-electron chi connectivity index (χ1n) is 7.86. The number of benzene rings is 1. The predicted molar refractivity (Wildman–Crippen MR) is 88.3 cm³/mol. The number of nitrogens with one attached hydrogen (secondary N) is 1. The fraction of sp³-hybridized carbons (Fsp3) is 0.647. The molecule has 0 atom stereocenters. The third kappa shape index (κ3) is 2.38. The van der Waals surface area contributed by atoms with Crippen molar-refractivity contribution in [2.75, 3.05) is 11.9 Å². The van der Waals surface area contributed by atoms with Gasteiger partial charge in [-0.1, -0.05) is 26.0 Å². The van der Waals surface area contributed by atoms with Gasteiger partial charge in [-0.15, -0.1) is 0 Å². The summed E-state index contributed by atoms with van der Waals surface area (Å²) in [4.78, 5) is 0. The molecule has 0 saturated carbocycles. The van der Waals surface area contributed by atoms with Crippen LogP contribution in [0.4, 0.5) is 5.69 Å². The van der Waals surface area contributed by atoms with E-state index in [1.54, 1.807) is 0 Å². The third-order valence-electron chi connectivity index (χ3n) is 5.36. The number of rotatable bonds is 1. The van der Waals surface area contributed by atoms with Crippen molar-refractivity contribution in [2.45, 2.75) is 64.6 Å². The quantitative estimate of drug-likeness (QED) is 0.805. The third-order valence-corrected chi connectivity index (χ3v) is 5.36. The van der Waals surface area contributed by atoms with E-state index in [2.05, 4.69) is 65.1 Å². The van der Waals surface area contributed by atoms with E-state index in [-0.39, 0.29) is 23.7 Å². The molecule has 114 valence electrons. The monoisotopic (exact) mass is 287 g/mol. The Bertz CT molecular complexity index is 550. The standard InChI is InChI=1S/C17H26BNO2/c1-15(2)9-10-19-14-8-7-12(11-13(14)15)18-20-16(3,4)17(5,6)21-18/h7-8,11,19H,9-10H2,1-6H3. The predicted octanol–water partition coefficient (Wildman–Crippen LogP) is 3.08. The maximum atomic E-state index is 6.17. The Labute approximate surface area is 128 Å². The fourth-order valence-corrected chi connectivity index (χ4v) is 3.05. The van der Waals surface area contributed by atoms with Crippen LogP contribution in [-0.4, -0.2) is 24.9 Å². The van der Waals surface area contributed by atoms with Crippen molar-refractivity contribution in [3.63, 3.8) is 0 Å². The Balaban J connectivity index is 1.95. The Morgan fingerprint density at radius 1 is 1.00 bits per heavy atom. The van der Waals surface area contributed by atoms with Gasteiger partial charge in [-0.3, -0.25) is 0 Å². The lowest BCUT2D eigenvalue weighted by molar-refractivity contribution is 0.00578. The van der Waals surface area contributed by atoms with Gasteiger partial charge in [0.05, 0.1) is 11.2 Å². The lowest BCUT2D eigenvalue weighted by Gasteiger charge is -2.33. The summed E-state index contributed by atoms with van der Waals surface area (Å²) in [5, 5.41) is 3.49. The van der Waals surface area contributed by atoms with E-state index in [0.29, 0.717) is 0 Å². The van der Waals surface area contributed by atoms with E-state index >= 15 is 0 Å². The summed E-state index contributed by atoms with van der Waals surface area (Å²) >= 11 is 0. The molecule has 0 radical (unpaired) electrons. The second-order valence-corrected chi connectivity index (χ2v) is 7.95. The molecule has 0 aliphatic carbocycles. The van der Waals surface area contributed by atoms with Gasteiger partial charge in [-0.25, -0.2) is 0 Å². The summed E-state index contributed by atoms with van der Waals surface area (Å²) < 4.78 is 12.3. The molecule has 1 N–H and O–H groups in total. The zero-order valence-electron chi connectivity index (χ0n) is 14.0. The molecule has 4 heteroatoms. The second kappa shape index (κ2) is 4.50. The molecule has 2 aliphatic heterocycles. The second-order valence-electron chi connectivity index (χ2n) is 7.95. The number of hydrogen-bond donors (Lipinski definition) is 1. The van der Waals surface area contributed by atoms with E-state index in [9.17, 15) is 0 Å². The first-order chi connectivity index (χ1) is 9.62. The van der Waals surface area contributed by atoms with Gasteiger partial charge in [0, 0.05) is 12.2 Å². The van der Waals surface area contributed by atoms with E-state index in [4.69, 9.17) is 9.31 Å². The average Bonchev–Trinajstić information content (AvgIpc) is 2.58. The smallest absolute Gasteiger partial charge is 0.399 e. The molecule has 0 unspecified atom stereocenters. The molecule has 2 aliphatic rings. The average molecular weight is 287 g/mol. The summed E-state index contributed by atoms with van der Waals surface area (Å²) in [6.45, 7) is 14.0. The molecule has 1 saturated heterocycles. The Hall–Kier alpha value is -0.995. The van der Waals surface area contributed by atoms with Crippen LogP contribution in [0.3, 0.4) is 0 Å². The Kier molecular flexibility index (Phi) is 3.20.